The zero-order valence-electron chi connectivity index (χ0n) is 19.1. The molecule has 0 aliphatic rings. The molecule has 174 valence electrons. The van der Waals surface area contributed by atoms with Gasteiger partial charge in [0.05, 0.1) is 21.9 Å². The molecule has 2 atom stereocenters. The third kappa shape index (κ3) is 8.84. The quantitative estimate of drug-likeness (QED) is 0.258. The van der Waals surface area contributed by atoms with Gasteiger partial charge in [-0.05, 0) is 60.1 Å². The molecule has 4 nitrogen and oxygen atoms in total. The number of halogens is 2. The Morgan fingerprint density at radius 1 is 0.656 bits per heavy atom. The number of carbonyl (C=O) groups excluding carboxylic acids is 2. The van der Waals surface area contributed by atoms with Crippen molar-refractivity contribution in [1.82, 2.24) is 0 Å². The lowest BCUT2D eigenvalue weighted by Gasteiger charge is -2.13. The van der Waals surface area contributed by atoms with Gasteiger partial charge in [0.1, 0.15) is 13.2 Å². The van der Waals surface area contributed by atoms with Crippen molar-refractivity contribution in [1.29, 1.82) is 0 Å². The first kappa shape index (κ1) is 26.2. The Labute approximate surface area is 201 Å². The SMILES string of the molecule is CC(C)C[C@H](Cl)COC(=O)c1ccc(-c2ccc(C(=O)OC[C@H](Cl)CC(C)C)cc2)cc1. The Kier molecular flexibility index (Phi) is 10.5. The zero-order chi connectivity index (χ0) is 23.7. The normalized spacial score (nSPS) is 13.1. The Balaban J connectivity index is 1.91. The van der Waals surface area contributed by atoms with E-state index in [0.29, 0.717) is 23.0 Å². The molecule has 32 heavy (non-hydrogen) atoms. The number of hydrogen-bond acceptors (Lipinski definition) is 4. The van der Waals surface area contributed by atoms with Crippen LogP contribution in [-0.2, 0) is 9.47 Å². The molecule has 0 fully saturated rings. The standard InChI is InChI=1S/C26H32Cl2O4/c1-17(2)13-23(27)15-31-25(29)21-9-5-19(6-10-21)20-7-11-22(12-8-20)26(30)32-16-24(28)14-18(3)4/h5-12,17-18,23-24H,13-16H2,1-4H3/t23-,24+. The third-order valence-electron chi connectivity index (χ3n) is 4.82. The van der Waals surface area contributed by atoms with Gasteiger partial charge in [-0.1, -0.05) is 52.0 Å². The molecule has 2 rings (SSSR count). The number of benzene rings is 2. The predicted octanol–water partition coefficient (Wildman–Crippen LogP) is 6.97. The molecule has 2 aromatic rings. The van der Waals surface area contributed by atoms with Crippen LogP contribution in [0.5, 0.6) is 0 Å². The van der Waals surface area contributed by atoms with Crippen LogP contribution < -0.4 is 0 Å². The van der Waals surface area contributed by atoms with Gasteiger partial charge in [0, 0.05) is 0 Å². The van der Waals surface area contributed by atoms with Crippen LogP contribution in [-0.4, -0.2) is 35.9 Å². The van der Waals surface area contributed by atoms with Gasteiger partial charge in [0.2, 0.25) is 0 Å². The maximum Gasteiger partial charge on any atom is 0.338 e. The van der Waals surface area contributed by atoms with Crippen LogP contribution in [0.4, 0.5) is 0 Å². The van der Waals surface area contributed by atoms with E-state index >= 15 is 0 Å². The Morgan fingerprint density at radius 2 is 0.969 bits per heavy atom. The molecule has 0 radical (unpaired) electrons. The van der Waals surface area contributed by atoms with E-state index in [1.807, 2.05) is 24.3 Å². The Hall–Kier alpha value is -2.04. The van der Waals surface area contributed by atoms with E-state index in [9.17, 15) is 9.59 Å². The summed E-state index contributed by atoms with van der Waals surface area (Å²) in [5, 5.41) is -0.372. The highest BCUT2D eigenvalue weighted by atomic mass is 35.5. The summed E-state index contributed by atoms with van der Waals surface area (Å²) < 4.78 is 10.6. The van der Waals surface area contributed by atoms with Crippen LogP contribution in [0, 0.1) is 11.8 Å². The van der Waals surface area contributed by atoms with Crippen molar-refractivity contribution in [3.05, 3.63) is 59.7 Å². The summed E-state index contributed by atoms with van der Waals surface area (Å²) in [4.78, 5) is 24.5. The van der Waals surface area contributed by atoms with Gasteiger partial charge in [-0.25, -0.2) is 9.59 Å². The van der Waals surface area contributed by atoms with Crippen molar-refractivity contribution in [3.63, 3.8) is 0 Å². The molecule has 0 unspecified atom stereocenters. The van der Waals surface area contributed by atoms with Gasteiger partial charge in [0.15, 0.2) is 0 Å². The second kappa shape index (κ2) is 12.9. The van der Waals surface area contributed by atoms with Gasteiger partial charge < -0.3 is 9.47 Å². The minimum atomic E-state index is -0.390. The van der Waals surface area contributed by atoms with Gasteiger partial charge >= 0.3 is 11.9 Å². The molecule has 0 saturated carbocycles. The number of alkyl halides is 2. The first-order chi connectivity index (χ1) is 15.2. The van der Waals surface area contributed by atoms with Crippen LogP contribution >= 0.6 is 23.2 Å². The average Bonchev–Trinajstić information content (AvgIpc) is 2.75. The Bertz CT molecular complexity index is 787. The lowest BCUT2D eigenvalue weighted by atomic mass is 10.0. The van der Waals surface area contributed by atoms with Gasteiger partial charge in [-0.15, -0.1) is 23.2 Å². The summed E-state index contributed by atoms with van der Waals surface area (Å²) in [6, 6.07) is 14.3. The monoisotopic (exact) mass is 478 g/mol. The summed E-state index contributed by atoms with van der Waals surface area (Å²) in [6.07, 6.45) is 1.59. The Morgan fingerprint density at radius 3 is 1.25 bits per heavy atom. The van der Waals surface area contributed by atoms with Crippen LogP contribution in [0.1, 0.15) is 61.3 Å². The first-order valence-electron chi connectivity index (χ1n) is 11.0. The highest BCUT2D eigenvalue weighted by Crippen LogP contribution is 2.22. The molecule has 0 saturated heterocycles. The van der Waals surface area contributed by atoms with Gasteiger partial charge in [0.25, 0.3) is 0 Å². The minimum Gasteiger partial charge on any atom is -0.461 e. The molecular formula is C26H32Cl2O4. The molecule has 0 N–H and O–H groups in total. The van der Waals surface area contributed by atoms with Crippen LogP contribution in [0.2, 0.25) is 0 Å². The maximum atomic E-state index is 12.2. The van der Waals surface area contributed by atoms with Crippen molar-refractivity contribution >= 4 is 35.1 Å². The fourth-order valence-corrected chi connectivity index (χ4v) is 4.09. The summed E-state index contributed by atoms with van der Waals surface area (Å²) in [5.41, 5.74) is 2.79. The first-order valence-corrected chi connectivity index (χ1v) is 11.9. The van der Waals surface area contributed by atoms with Crippen LogP contribution in [0.3, 0.4) is 0 Å². The van der Waals surface area contributed by atoms with E-state index in [0.717, 1.165) is 24.0 Å². The highest BCUT2D eigenvalue weighted by molar-refractivity contribution is 6.21. The molecule has 6 heteroatoms. The fraction of sp³-hybridized carbons (Fsp3) is 0.462. The summed E-state index contributed by atoms with van der Waals surface area (Å²) >= 11 is 12.4. The second-order valence-electron chi connectivity index (χ2n) is 8.81. The highest BCUT2D eigenvalue weighted by Gasteiger charge is 2.14. The lowest BCUT2D eigenvalue weighted by molar-refractivity contribution is 0.0490. The predicted molar refractivity (Wildman–Crippen MR) is 131 cm³/mol. The largest absolute Gasteiger partial charge is 0.461 e. The topological polar surface area (TPSA) is 52.6 Å². The summed E-state index contributed by atoms with van der Waals surface area (Å²) in [6.45, 7) is 8.70. The summed E-state index contributed by atoms with van der Waals surface area (Å²) in [5.74, 6) is 0.120. The summed E-state index contributed by atoms with van der Waals surface area (Å²) in [7, 11) is 0. The smallest absolute Gasteiger partial charge is 0.338 e. The molecule has 0 aromatic heterocycles. The van der Waals surface area contributed by atoms with E-state index in [2.05, 4.69) is 27.7 Å². The van der Waals surface area contributed by atoms with E-state index in [4.69, 9.17) is 32.7 Å². The van der Waals surface area contributed by atoms with E-state index in [1.54, 1.807) is 24.3 Å². The van der Waals surface area contributed by atoms with Gasteiger partial charge in [-0.2, -0.15) is 0 Å². The second-order valence-corrected chi connectivity index (χ2v) is 10.0. The minimum absolute atomic E-state index is 0.186. The fourth-order valence-electron chi connectivity index (χ4n) is 3.26. The number of hydrogen-bond donors (Lipinski definition) is 0. The van der Waals surface area contributed by atoms with Crippen molar-refractivity contribution in [2.24, 2.45) is 11.8 Å². The van der Waals surface area contributed by atoms with E-state index < -0.39 is 0 Å². The van der Waals surface area contributed by atoms with Crippen molar-refractivity contribution in [2.75, 3.05) is 13.2 Å². The lowest BCUT2D eigenvalue weighted by Crippen LogP contribution is -2.16. The number of carbonyl (C=O) groups is 2. The average molecular weight is 479 g/mol. The van der Waals surface area contributed by atoms with Crippen molar-refractivity contribution < 1.29 is 19.1 Å². The zero-order valence-corrected chi connectivity index (χ0v) is 20.7. The van der Waals surface area contributed by atoms with Crippen molar-refractivity contribution in [2.45, 2.75) is 51.3 Å². The molecule has 0 bridgehead atoms. The number of rotatable bonds is 11. The van der Waals surface area contributed by atoms with Crippen LogP contribution in [0.15, 0.2) is 48.5 Å². The van der Waals surface area contributed by atoms with Crippen molar-refractivity contribution in [3.8, 4) is 11.1 Å². The van der Waals surface area contributed by atoms with E-state index in [-0.39, 0.29) is 35.9 Å². The molecule has 0 heterocycles. The molecular weight excluding hydrogens is 447 g/mol. The van der Waals surface area contributed by atoms with E-state index in [1.165, 1.54) is 0 Å². The van der Waals surface area contributed by atoms with Gasteiger partial charge in [-0.3, -0.25) is 0 Å². The molecule has 0 amide bonds. The van der Waals surface area contributed by atoms with Crippen LogP contribution in [0.25, 0.3) is 11.1 Å². The third-order valence-corrected chi connectivity index (χ3v) is 5.43. The molecule has 0 spiro atoms. The number of esters is 2. The molecule has 2 aromatic carbocycles. The number of ether oxygens (including phenoxy) is 2. The molecule has 0 aliphatic heterocycles. The maximum absolute atomic E-state index is 12.2. The molecule has 0 aliphatic carbocycles.